The molecule has 0 spiro atoms. The van der Waals surface area contributed by atoms with Crippen molar-refractivity contribution in [3.63, 3.8) is 0 Å². The smallest absolute Gasteiger partial charge is 0.306 e. The minimum absolute atomic E-state index is 0.00549. The van der Waals surface area contributed by atoms with Crippen LogP contribution in [0.2, 0.25) is 0 Å². The summed E-state index contributed by atoms with van der Waals surface area (Å²) in [4.78, 5) is 57.5. The maximum absolute atomic E-state index is 13.7. The number of hydrogen-bond donors (Lipinski definition) is 4. The van der Waals surface area contributed by atoms with Gasteiger partial charge in [0.1, 0.15) is 18.0 Å². The number of carbonyl (C=O) groups is 4. The van der Waals surface area contributed by atoms with E-state index in [9.17, 15) is 34.5 Å². The van der Waals surface area contributed by atoms with Crippen molar-refractivity contribution in [3.8, 4) is 12.3 Å². The Bertz CT molecular complexity index is 1700. The lowest BCUT2D eigenvalue weighted by atomic mass is 9.43. The van der Waals surface area contributed by atoms with Gasteiger partial charge in [-0.05, 0) is 122 Å². The molecule has 14 unspecified atom stereocenters. The molecule has 4 aliphatic carbocycles. The number of β-lactam (4-membered cyclic amide) rings is 1. The van der Waals surface area contributed by atoms with Crippen molar-refractivity contribution in [3.05, 3.63) is 21.7 Å². The van der Waals surface area contributed by atoms with Gasteiger partial charge in [0.15, 0.2) is 5.78 Å². The first kappa shape index (κ1) is 44.4. The zero-order valence-electron chi connectivity index (χ0n) is 34.5. The number of ketones is 1. The van der Waals surface area contributed by atoms with Gasteiger partial charge in [-0.1, -0.05) is 25.9 Å². The SMILES string of the molecule is C#CCCOCCOC(=O)CC(CN=[N+]=[N-])CC(=O)C1=C(C)CSC2C(NC(=O)CCC(C)C3CCC4C5C(O)CC6CC(O)CCC6(C)C5CC(O)C34C)C(=O)N12. The lowest BCUT2D eigenvalue weighted by molar-refractivity contribution is -0.207. The number of rotatable bonds is 17. The number of allylic oxidation sites excluding steroid dienone is 1. The van der Waals surface area contributed by atoms with E-state index in [0.717, 1.165) is 37.7 Å². The molecule has 320 valence electrons. The van der Waals surface area contributed by atoms with Gasteiger partial charge in [0.05, 0.1) is 37.2 Å². The molecule has 0 aromatic carbocycles. The fourth-order valence-electron chi connectivity index (χ4n) is 12.3. The number of nitrogens with zero attached hydrogens (tertiary/aromatic N) is 4. The third-order valence-electron chi connectivity index (χ3n) is 15.3. The molecule has 0 bridgehead atoms. The van der Waals surface area contributed by atoms with Gasteiger partial charge in [0, 0.05) is 42.9 Å². The van der Waals surface area contributed by atoms with E-state index in [1.807, 2.05) is 0 Å². The Morgan fingerprint density at radius 1 is 1.10 bits per heavy atom. The molecule has 2 aliphatic heterocycles. The van der Waals surface area contributed by atoms with E-state index in [-0.39, 0.29) is 115 Å². The second-order valence-electron chi connectivity index (χ2n) is 18.5. The zero-order valence-corrected chi connectivity index (χ0v) is 35.3. The quantitative estimate of drug-likeness (QED) is 0.0297. The molecule has 4 saturated carbocycles. The Labute approximate surface area is 346 Å². The number of aliphatic hydroxyl groups is 3. The van der Waals surface area contributed by atoms with Crippen molar-refractivity contribution in [2.24, 2.45) is 57.4 Å². The van der Waals surface area contributed by atoms with E-state index in [1.54, 1.807) is 6.92 Å². The van der Waals surface area contributed by atoms with Crippen molar-refractivity contribution >= 4 is 35.3 Å². The van der Waals surface area contributed by atoms with Gasteiger partial charge < -0.3 is 30.1 Å². The summed E-state index contributed by atoms with van der Waals surface area (Å²) in [6.45, 7) is 8.94. The van der Waals surface area contributed by atoms with Crippen molar-refractivity contribution in [2.75, 3.05) is 32.1 Å². The van der Waals surface area contributed by atoms with Crippen LogP contribution < -0.4 is 5.32 Å². The van der Waals surface area contributed by atoms with Crippen LogP contribution >= 0.6 is 11.8 Å². The van der Waals surface area contributed by atoms with Gasteiger partial charge in [-0.3, -0.25) is 24.1 Å². The summed E-state index contributed by atoms with van der Waals surface area (Å²) in [5.74, 6) is 1.93. The molecule has 14 nitrogen and oxygen atoms in total. The summed E-state index contributed by atoms with van der Waals surface area (Å²) >= 11 is 1.48. The monoisotopic (exact) mass is 825 g/mol. The Hall–Kier alpha value is -3.12. The largest absolute Gasteiger partial charge is 0.463 e. The first-order valence-electron chi connectivity index (χ1n) is 21.3. The first-order chi connectivity index (χ1) is 27.6. The number of nitrogens with one attached hydrogen (secondary N) is 1. The molecule has 5 fully saturated rings. The molecule has 14 atom stereocenters. The Kier molecular flexibility index (Phi) is 14.3. The summed E-state index contributed by atoms with van der Waals surface area (Å²) in [6.07, 6.45) is 10.6. The molecule has 4 N–H and O–H groups in total. The number of aliphatic hydroxyl groups excluding tert-OH is 3. The van der Waals surface area contributed by atoms with Crippen molar-refractivity contribution in [2.45, 2.75) is 134 Å². The average molecular weight is 826 g/mol. The van der Waals surface area contributed by atoms with Crippen LogP contribution in [0.1, 0.15) is 105 Å². The summed E-state index contributed by atoms with van der Waals surface area (Å²) in [5, 5.41) is 40.1. The number of esters is 1. The number of thioether (sulfide) groups is 1. The van der Waals surface area contributed by atoms with E-state index < -0.39 is 35.5 Å². The van der Waals surface area contributed by atoms with Crippen LogP contribution in [0, 0.1) is 64.6 Å². The third kappa shape index (κ3) is 8.70. The molecule has 0 radical (unpaired) electrons. The van der Waals surface area contributed by atoms with Crippen molar-refractivity contribution < 1.29 is 44.0 Å². The van der Waals surface area contributed by atoms with Crippen LogP contribution in [-0.4, -0.2) is 106 Å². The van der Waals surface area contributed by atoms with Crippen LogP contribution in [-0.2, 0) is 28.7 Å². The van der Waals surface area contributed by atoms with Crippen molar-refractivity contribution in [1.82, 2.24) is 10.2 Å². The topological polar surface area (TPSA) is 211 Å². The summed E-state index contributed by atoms with van der Waals surface area (Å²) in [7, 11) is 0. The number of fused-ring (bicyclic) bond motifs is 6. The number of terminal acetylenes is 1. The molecule has 58 heavy (non-hydrogen) atoms. The lowest BCUT2D eigenvalue weighted by Crippen LogP contribution is -2.70. The molecule has 0 aromatic heterocycles. The minimum Gasteiger partial charge on any atom is -0.463 e. The molecule has 0 aromatic rings. The summed E-state index contributed by atoms with van der Waals surface area (Å²) in [6, 6.07) is -0.773. The van der Waals surface area contributed by atoms with Crippen LogP contribution in [0.3, 0.4) is 0 Å². The number of hydrogen-bond acceptors (Lipinski definition) is 11. The predicted molar refractivity (Wildman–Crippen MR) is 217 cm³/mol. The summed E-state index contributed by atoms with van der Waals surface area (Å²) in [5.41, 5.74) is 9.55. The number of Topliss-reactive ketones (excluding diaryl/α,β-unsaturated/α-hetero) is 1. The highest BCUT2D eigenvalue weighted by molar-refractivity contribution is 8.00. The fourth-order valence-corrected chi connectivity index (χ4v) is 13.5. The second-order valence-corrected chi connectivity index (χ2v) is 19.6. The Morgan fingerprint density at radius 2 is 1.88 bits per heavy atom. The van der Waals surface area contributed by atoms with Gasteiger partial charge in [0.25, 0.3) is 5.91 Å². The summed E-state index contributed by atoms with van der Waals surface area (Å²) < 4.78 is 10.5. The van der Waals surface area contributed by atoms with Gasteiger partial charge >= 0.3 is 5.97 Å². The maximum Gasteiger partial charge on any atom is 0.306 e. The highest BCUT2D eigenvalue weighted by atomic mass is 32.2. The molecular formula is C43H63N5O9S. The van der Waals surface area contributed by atoms with E-state index in [2.05, 4.69) is 42.0 Å². The number of amides is 2. The van der Waals surface area contributed by atoms with Gasteiger partial charge in [0.2, 0.25) is 5.91 Å². The van der Waals surface area contributed by atoms with E-state index in [0.29, 0.717) is 38.0 Å². The van der Waals surface area contributed by atoms with Crippen LogP contribution in [0.25, 0.3) is 10.4 Å². The highest BCUT2D eigenvalue weighted by Crippen LogP contribution is 2.68. The van der Waals surface area contributed by atoms with Gasteiger partial charge in [-0.15, -0.1) is 24.1 Å². The van der Waals surface area contributed by atoms with E-state index >= 15 is 0 Å². The van der Waals surface area contributed by atoms with Crippen LogP contribution in [0.4, 0.5) is 0 Å². The molecule has 2 heterocycles. The predicted octanol–water partition coefficient (Wildman–Crippen LogP) is 4.90. The van der Waals surface area contributed by atoms with Crippen LogP contribution in [0.15, 0.2) is 16.4 Å². The molecule has 6 aliphatic rings. The average Bonchev–Trinajstić information content (AvgIpc) is 3.55. The standard InChI is InChI=1S/C43H63N5O9S/c1-6-7-14-56-15-16-57-36(54)18-26(22-45-47-44)17-33(51)39-25(3)23-58-41-38(40(55)48(39)41)46-35(53)11-8-24(2)29-9-10-30-37-31(21-34(52)43(29,30)5)42(4)13-12-28(49)19-27(42)20-32(37)50/h1,24,26-32,34,37-38,41,49-50,52H,7-23H2,2-5H3,(H,46,53). The van der Waals surface area contributed by atoms with E-state index in [4.69, 9.17) is 21.4 Å². The molecule has 6 rings (SSSR count). The normalized spacial score (nSPS) is 37.4. The minimum atomic E-state index is -0.773. The molecular weight excluding hydrogens is 763 g/mol. The number of ether oxygens (including phenoxy) is 2. The fraction of sp³-hybridized carbons (Fsp3) is 0.814. The second kappa shape index (κ2) is 18.7. The van der Waals surface area contributed by atoms with Crippen molar-refractivity contribution in [1.29, 1.82) is 0 Å². The first-order valence-corrected chi connectivity index (χ1v) is 22.4. The molecule has 2 amide bonds. The highest BCUT2D eigenvalue weighted by Gasteiger charge is 2.65. The van der Waals surface area contributed by atoms with Gasteiger partial charge in [-0.2, -0.15) is 0 Å². The maximum atomic E-state index is 13.7. The van der Waals surface area contributed by atoms with Gasteiger partial charge in [-0.25, -0.2) is 0 Å². The third-order valence-corrected chi connectivity index (χ3v) is 16.7. The lowest BCUT2D eigenvalue weighted by Gasteiger charge is -2.63. The molecule has 15 heteroatoms. The number of carbonyl (C=O) groups excluding carboxylic acids is 4. The zero-order chi connectivity index (χ0) is 41.9. The Balaban J connectivity index is 1.01. The van der Waals surface area contributed by atoms with Crippen LogP contribution in [0.5, 0.6) is 0 Å². The van der Waals surface area contributed by atoms with E-state index in [1.165, 1.54) is 16.7 Å². The molecule has 1 saturated heterocycles. The Morgan fingerprint density at radius 3 is 2.62 bits per heavy atom. The number of azide groups is 1.